The Hall–Kier alpha value is -1.75. The number of esters is 1. The zero-order chi connectivity index (χ0) is 13.5. The molecule has 1 fully saturated rings. The molecule has 5 nitrogen and oxygen atoms in total. The number of rotatable bonds is 3. The third kappa shape index (κ3) is 2.04. The van der Waals surface area contributed by atoms with E-state index in [4.69, 9.17) is 19.9 Å². The zero-order valence-electron chi connectivity index (χ0n) is 10.8. The van der Waals surface area contributed by atoms with Gasteiger partial charge in [-0.25, -0.2) is 0 Å². The van der Waals surface area contributed by atoms with Crippen molar-refractivity contribution in [3.8, 4) is 11.5 Å². The Morgan fingerprint density at radius 3 is 2.89 bits per heavy atom. The van der Waals surface area contributed by atoms with E-state index >= 15 is 0 Å². The molecule has 1 aliphatic heterocycles. The normalized spacial score (nSPS) is 27.8. The number of carbonyl (C=O) groups is 1. The highest BCUT2D eigenvalue weighted by Crippen LogP contribution is 2.51. The van der Waals surface area contributed by atoms with Crippen LogP contribution in [0.3, 0.4) is 0 Å². The highest BCUT2D eigenvalue weighted by Gasteiger charge is 2.59. The van der Waals surface area contributed by atoms with Crippen LogP contribution in [0.1, 0.15) is 24.8 Å². The largest absolute Gasteiger partial charge is 0.486 e. The van der Waals surface area contributed by atoms with E-state index in [-0.39, 0.29) is 11.9 Å². The molecule has 5 heteroatoms. The first-order valence-corrected chi connectivity index (χ1v) is 6.51. The predicted molar refractivity (Wildman–Crippen MR) is 68.3 cm³/mol. The van der Waals surface area contributed by atoms with Crippen molar-refractivity contribution in [1.29, 1.82) is 0 Å². The monoisotopic (exact) mass is 263 g/mol. The van der Waals surface area contributed by atoms with E-state index in [0.29, 0.717) is 26.2 Å². The fraction of sp³-hybridized carbons (Fsp3) is 0.500. The molecule has 0 amide bonds. The quantitative estimate of drug-likeness (QED) is 0.830. The Kier molecular flexibility index (Phi) is 2.86. The van der Waals surface area contributed by atoms with Gasteiger partial charge >= 0.3 is 5.97 Å². The van der Waals surface area contributed by atoms with Crippen LogP contribution in [0.5, 0.6) is 11.5 Å². The third-order valence-electron chi connectivity index (χ3n) is 3.63. The highest BCUT2D eigenvalue weighted by atomic mass is 16.6. The molecule has 1 saturated carbocycles. The van der Waals surface area contributed by atoms with Crippen molar-refractivity contribution in [2.45, 2.75) is 24.8 Å². The molecule has 0 saturated heterocycles. The van der Waals surface area contributed by atoms with Crippen molar-refractivity contribution in [2.75, 3.05) is 19.8 Å². The van der Waals surface area contributed by atoms with Crippen LogP contribution in [-0.4, -0.2) is 31.3 Å². The van der Waals surface area contributed by atoms with Gasteiger partial charge in [-0.15, -0.1) is 0 Å². The molecule has 0 bridgehead atoms. The minimum Gasteiger partial charge on any atom is -0.486 e. The van der Waals surface area contributed by atoms with Crippen molar-refractivity contribution in [3.05, 3.63) is 23.8 Å². The molecule has 1 aliphatic carbocycles. The lowest BCUT2D eigenvalue weighted by atomic mass is 10.1. The van der Waals surface area contributed by atoms with Gasteiger partial charge < -0.3 is 19.9 Å². The van der Waals surface area contributed by atoms with Crippen molar-refractivity contribution < 1.29 is 19.0 Å². The Morgan fingerprint density at radius 2 is 2.16 bits per heavy atom. The molecule has 2 aliphatic rings. The van der Waals surface area contributed by atoms with Crippen LogP contribution < -0.4 is 15.2 Å². The number of fused-ring (bicyclic) bond motifs is 1. The van der Waals surface area contributed by atoms with Gasteiger partial charge in [0.2, 0.25) is 0 Å². The first kappa shape index (κ1) is 12.3. The van der Waals surface area contributed by atoms with Gasteiger partial charge in [0, 0.05) is 5.92 Å². The second-order valence-electron chi connectivity index (χ2n) is 4.92. The predicted octanol–water partition coefficient (Wildman–Crippen LogP) is 1.21. The summed E-state index contributed by atoms with van der Waals surface area (Å²) >= 11 is 0. The van der Waals surface area contributed by atoms with Gasteiger partial charge in [0.25, 0.3) is 0 Å². The Morgan fingerprint density at radius 1 is 1.42 bits per heavy atom. The van der Waals surface area contributed by atoms with Crippen LogP contribution in [0.15, 0.2) is 18.2 Å². The summed E-state index contributed by atoms with van der Waals surface area (Å²) in [4.78, 5) is 11.8. The van der Waals surface area contributed by atoms with Crippen LogP contribution in [0.2, 0.25) is 0 Å². The molecule has 102 valence electrons. The molecule has 0 aromatic heterocycles. The molecule has 2 unspecified atom stereocenters. The number of hydrogen-bond donors (Lipinski definition) is 1. The van der Waals surface area contributed by atoms with Crippen molar-refractivity contribution in [1.82, 2.24) is 0 Å². The lowest BCUT2D eigenvalue weighted by Crippen LogP contribution is -2.36. The molecule has 2 atom stereocenters. The third-order valence-corrected chi connectivity index (χ3v) is 3.63. The van der Waals surface area contributed by atoms with E-state index in [1.54, 1.807) is 6.92 Å². The molecular weight excluding hydrogens is 246 g/mol. The number of ether oxygens (including phenoxy) is 3. The van der Waals surface area contributed by atoms with Gasteiger partial charge in [-0.1, -0.05) is 6.07 Å². The van der Waals surface area contributed by atoms with Gasteiger partial charge in [-0.2, -0.15) is 0 Å². The highest BCUT2D eigenvalue weighted by molar-refractivity contribution is 5.86. The molecular formula is C14H17NO4. The van der Waals surface area contributed by atoms with Crippen molar-refractivity contribution in [3.63, 3.8) is 0 Å². The Bertz CT molecular complexity index is 516. The topological polar surface area (TPSA) is 70.8 Å². The van der Waals surface area contributed by atoms with E-state index in [1.165, 1.54) is 0 Å². The van der Waals surface area contributed by atoms with E-state index in [1.807, 2.05) is 18.2 Å². The molecule has 1 heterocycles. The molecule has 0 radical (unpaired) electrons. The van der Waals surface area contributed by atoms with Gasteiger partial charge in [0.05, 0.1) is 6.61 Å². The SMILES string of the molecule is CCOC(=O)C1(N)CC1c1ccc2c(c1)OCCO2. The Balaban J connectivity index is 1.79. The second kappa shape index (κ2) is 4.42. The average molecular weight is 263 g/mol. The lowest BCUT2D eigenvalue weighted by molar-refractivity contribution is -0.146. The zero-order valence-corrected chi connectivity index (χ0v) is 10.8. The van der Waals surface area contributed by atoms with E-state index in [0.717, 1.165) is 17.1 Å². The van der Waals surface area contributed by atoms with E-state index < -0.39 is 5.54 Å². The maximum absolute atomic E-state index is 11.8. The summed E-state index contributed by atoms with van der Waals surface area (Å²) < 4.78 is 16.0. The smallest absolute Gasteiger partial charge is 0.326 e. The first-order valence-electron chi connectivity index (χ1n) is 6.51. The number of nitrogens with two attached hydrogens (primary N) is 1. The standard InChI is InChI=1S/C14H17NO4/c1-2-17-13(16)14(15)8-10(14)9-3-4-11-12(7-9)19-6-5-18-11/h3-4,7,10H,2,5-6,8,15H2,1H3. The fourth-order valence-corrected chi connectivity index (χ4v) is 2.46. The molecule has 0 spiro atoms. The minimum absolute atomic E-state index is 0.00220. The van der Waals surface area contributed by atoms with E-state index in [2.05, 4.69) is 0 Å². The van der Waals surface area contributed by atoms with Crippen LogP contribution >= 0.6 is 0 Å². The van der Waals surface area contributed by atoms with Gasteiger partial charge in [-0.05, 0) is 31.0 Å². The molecule has 2 N–H and O–H groups in total. The summed E-state index contributed by atoms with van der Waals surface area (Å²) in [5.41, 5.74) is 6.21. The van der Waals surface area contributed by atoms with Gasteiger partial charge in [0.15, 0.2) is 11.5 Å². The molecule has 3 rings (SSSR count). The van der Waals surface area contributed by atoms with Crippen LogP contribution in [0, 0.1) is 0 Å². The maximum atomic E-state index is 11.8. The summed E-state index contributed by atoms with van der Waals surface area (Å²) in [6, 6.07) is 5.72. The lowest BCUT2D eigenvalue weighted by Gasteiger charge is -2.19. The average Bonchev–Trinajstić information content (AvgIpc) is 3.12. The summed E-state index contributed by atoms with van der Waals surface area (Å²) in [5, 5.41) is 0. The molecule has 1 aromatic rings. The summed E-state index contributed by atoms with van der Waals surface area (Å²) in [7, 11) is 0. The van der Waals surface area contributed by atoms with Crippen LogP contribution in [0.4, 0.5) is 0 Å². The molecule has 19 heavy (non-hydrogen) atoms. The van der Waals surface area contributed by atoms with E-state index in [9.17, 15) is 4.79 Å². The number of carbonyl (C=O) groups excluding carboxylic acids is 1. The van der Waals surface area contributed by atoms with Crippen LogP contribution in [-0.2, 0) is 9.53 Å². The minimum atomic E-state index is -0.875. The summed E-state index contributed by atoms with van der Waals surface area (Å²) in [5.74, 6) is 1.15. The first-order chi connectivity index (χ1) is 9.15. The van der Waals surface area contributed by atoms with Gasteiger partial charge in [-0.3, -0.25) is 4.79 Å². The second-order valence-corrected chi connectivity index (χ2v) is 4.92. The Labute approximate surface area is 111 Å². The van der Waals surface area contributed by atoms with Gasteiger partial charge in [0.1, 0.15) is 18.8 Å². The summed E-state index contributed by atoms with van der Waals surface area (Å²) in [6.45, 7) is 3.25. The maximum Gasteiger partial charge on any atom is 0.326 e. The molecule has 1 aromatic carbocycles. The summed E-state index contributed by atoms with van der Waals surface area (Å²) in [6.07, 6.45) is 0.617. The van der Waals surface area contributed by atoms with Crippen molar-refractivity contribution in [2.24, 2.45) is 5.73 Å². The number of hydrogen-bond acceptors (Lipinski definition) is 5. The fourth-order valence-electron chi connectivity index (χ4n) is 2.46. The number of benzene rings is 1. The van der Waals surface area contributed by atoms with Crippen molar-refractivity contribution >= 4 is 5.97 Å². The van der Waals surface area contributed by atoms with Crippen LogP contribution in [0.25, 0.3) is 0 Å².